The summed E-state index contributed by atoms with van der Waals surface area (Å²) < 4.78 is 1.83. The van der Waals surface area contributed by atoms with E-state index in [-0.39, 0.29) is 11.9 Å². The molecule has 0 aliphatic carbocycles. The second-order valence-corrected chi connectivity index (χ2v) is 7.80. The van der Waals surface area contributed by atoms with Gasteiger partial charge < -0.3 is 10.2 Å². The van der Waals surface area contributed by atoms with Gasteiger partial charge in [-0.05, 0) is 51.8 Å². The lowest BCUT2D eigenvalue weighted by Gasteiger charge is -2.23. The van der Waals surface area contributed by atoms with Crippen molar-refractivity contribution in [1.29, 1.82) is 0 Å². The van der Waals surface area contributed by atoms with Crippen LogP contribution in [-0.2, 0) is 11.8 Å². The number of nitrogens with zero attached hydrogens (tertiary/aromatic N) is 6. The van der Waals surface area contributed by atoms with Crippen LogP contribution in [0.4, 0.5) is 11.6 Å². The molecule has 3 aromatic rings. The highest BCUT2D eigenvalue weighted by Crippen LogP contribution is 2.32. The fourth-order valence-electron chi connectivity index (χ4n) is 4.01. The Labute approximate surface area is 182 Å². The SMILES string of the molecule is Cc1nc(Nc2ccccn2)cc([C@H]2CCCN2C(=O)/C=C/c2c(C)nn(C)c2C)n1. The van der Waals surface area contributed by atoms with E-state index in [1.165, 1.54) is 0 Å². The van der Waals surface area contributed by atoms with Gasteiger partial charge in [0.25, 0.3) is 0 Å². The summed E-state index contributed by atoms with van der Waals surface area (Å²) in [4.78, 5) is 28.3. The predicted octanol–water partition coefficient (Wildman–Crippen LogP) is 3.65. The number of aryl methyl sites for hydroxylation is 3. The lowest BCUT2D eigenvalue weighted by molar-refractivity contribution is -0.126. The highest BCUT2D eigenvalue weighted by molar-refractivity contribution is 5.92. The van der Waals surface area contributed by atoms with Crippen LogP contribution in [0.1, 0.15) is 47.4 Å². The topological polar surface area (TPSA) is 88.8 Å². The van der Waals surface area contributed by atoms with E-state index in [1.807, 2.05) is 67.7 Å². The summed E-state index contributed by atoms with van der Waals surface area (Å²) in [5.41, 5.74) is 3.79. The van der Waals surface area contributed by atoms with Gasteiger partial charge in [0, 0.05) is 43.2 Å². The lowest BCUT2D eigenvalue weighted by atomic mass is 10.1. The molecule has 3 aromatic heterocycles. The average molecular weight is 418 g/mol. The summed E-state index contributed by atoms with van der Waals surface area (Å²) in [6.07, 6.45) is 7.07. The van der Waals surface area contributed by atoms with Crippen molar-refractivity contribution in [3.8, 4) is 0 Å². The molecule has 0 saturated carbocycles. The molecule has 0 aromatic carbocycles. The van der Waals surface area contributed by atoms with Gasteiger partial charge in [-0.25, -0.2) is 15.0 Å². The van der Waals surface area contributed by atoms with Crippen molar-refractivity contribution in [2.45, 2.75) is 39.7 Å². The fraction of sp³-hybridized carbons (Fsp3) is 0.348. The number of nitrogens with one attached hydrogen (secondary N) is 1. The van der Waals surface area contributed by atoms with Gasteiger partial charge in [0.05, 0.1) is 17.4 Å². The van der Waals surface area contributed by atoms with E-state index in [0.717, 1.165) is 41.3 Å². The van der Waals surface area contributed by atoms with Crippen molar-refractivity contribution in [2.75, 3.05) is 11.9 Å². The number of hydrogen-bond donors (Lipinski definition) is 1. The number of aromatic nitrogens is 5. The first-order chi connectivity index (χ1) is 14.9. The van der Waals surface area contributed by atoms with Gasteiger partial charge in [-0.2, -0.15) is 5.10 Å². The highest BCUT2D eigenvalue weighted by Gasteiger charge is 2.30. The van der Waals surface area contributed by atoms with Gasteiger partial charge in [-0.15, -0.1) is 0 Å². The van der Waals surface area contributed by atoms with Gasteiger partial charge in [0.1, 0.15) is 17.5 Å². The maximum Gasteiger partial charge on any atom is 0.247 e. The zero-order chi connectivity index (χ0) is 22.0. The minimum Gasteiger partial charge on any atom is -0.331 e. The van der Waals surface area contributed by atoms with Crippen molar-refractivity contribution >= 4 is 23.6 Å². The molecule has 0 bridgehead atoms. The van der Waals surface area contributed by atoms with Crippen molar-refractivity contribution in [1.82, 2.24) is 29.6 Å². The van der Waals surface area contributed by atoms with E-state index in [2.05, 4.69) is 25.4 Å². The van der Waals surface area contributed by atoms with Crippen LogP contribution in [-0.4, -0.2) is 42.1 Å². The molecular weight excluding hydrogens is 390 g/mol. The largest absolute Gasteiger partial charge is 0.331 e. The van der Waals surface area contributed by atoms with Gasteiger partial charge in [-0.3, -0.25) is 9.48 Å². The lowest BCUT2D eigenvalue weighted by Crippen LogP contribution is -2.29. The molecule has 0 radical (unpaired) electrons. The second-order valence-electron chi connectivity index (χ2n) is 7.80. The number of rotatable bonds is 5. The third-order valence-electron chi connectivity index (χ3n) is 5.61. The van der Waals surface area contributed by atoms with Crippen molar-refractivity contribution in [2.24, 2.45) is 7.05 Å². The van der Waals surface area contributed by atoms with E-state index in [9.17, 15) is 4.79 Å². The Morgan fingerprint density at radius 2 is 2.03 bits per heavy atom. The Balaban J connectivity index is 1.55. The molecule has 8 heteroatoms. The quantitative estimate of drug-likeness (QED) is 0.638. The van der Waals surface area contributed by atoms with Crippen molar-refractivity contribution in [3.63, 3.8) is 0 Å². The number of anilines is 2. The van der Waals surface area contributed by atoms with Crippen LogP contribution in [0.25, 0.3) is 6.08 Å². The number of pyridine rings is 1. The maximum absolute atomic E-state index is 13.0. The van der Waals surface area contributed by atoms with E-state index in [1.54, 1.807) is 12.3 Å². The number of carbonyl (C=O) groups is 1. The van der Waals surface area contributed by atoms with Crippen LogP contribution in [0.5, 0.6) is 0 Å². The van der Waals surface area contributed by atoms with Gasteiger partial charge >= 0.3 is 0 Å². The highest BCUT2D eigenvalue weighted by atomic mass is 16.2. The summed E-state index contributed by atoms with van der Waals surface area (Å²) >= 11 is 0. The summed E-state index contributed by atoms with van der Waals surface area (Å²) in [5, 5.41) is 7.64. The summed E-state index contributed by atoms with van der Waals surface area (Å²) in [5.74, 6) is 2.04. The Morgan fingerprint density at radius 1 is 1.19 bits per heavy atom. The Bertz CT molecular complexity index is 1120. The monoisotopic (exact) mass is 417 g/mol. The molecule has 31 heavy (non-hydrogen) atoms. The van der Waals surface area contributed by atoms with Crippen LogP contribution < -0.4 is 5.32 Å². The van der Waals surface area contributed by atoms with E-state index in [0.29, 0.717) is 18.2 Å². The Kier molecular flexibility index (Phi) is 5.79. The molecule has 1 N–H and O–H groups in total. The predicted molar refractivity (Wildman–Crippen MR) is 120 cm³/mol. The Morgan fingerprint density at radius 3 is 2.74 bits per heavy atom. The van der Waals surface area contributed by atoms with Gasteiger partial charge in [0.15, 0.2) is 0 Å². The molecule has 1 atom stereocenters. The normalized spacial score (nSPS) is 16.3. The molecular formula is C23H27N7O. The van der Waals surface area contributed by atoms with Crippen molar-refractivity contribution < 1.29 is 4.79 Å². The molecule has 1 aliphatic rings. The first-order valence-corrected chi connectivity index (χ1v) is 10.4. The minimum atomic E-state index is -0.0702. The van der Waals surface area contributed by atoms with E-state index in [4.69, 9.17) is 0 Å². The molecule has 1 fully saturated rings. The molecule has 1 saturated heterocycles. The summed E-state index contributed by atoms with van der Waals surface area (Å²) in [6.45, 7) is 6.53. The van der Waals surface area contributed by atoms with Crippen LogP contribution in [0.2, 0.25) is 0 Å². The van der Waals surface area contributed by atoms with Crippen LogP contribution in [0.3, 0.4) is 0 Å². The first kappa shape index (κ1) is 20.7. The summed E-state index contributed by atoms with van der Waals surface area (Å²) in [7, 11) is 1.91. The van der Waals surface area contributed by atoms with E-state index >= 15 is 0 Å². The second kappa shape index (κ2) is 8.67. The fourth-order valence-corrected chi connectivity index (χ4v) is 4.01. The first-order valence-electron chi connectivity index (χ1n) is 10.4. The van der Waals surface area contributed by atoms with Crippen LogP contribution in [0.15, 0.2) is 36.5 Å². The molecule has 160 valence electrons. The average Bonchev–Trinajstić information content (AvgIpc) is 3.32. The molecule has 4 rings (SSSR count). The van der Waals surface area contributed by atoms with Gasteiger partial charge in [0.2, 0.25) is 5.91 Å². The third-order valence-corrected chi connectivity index (χ3v) is 5.61. The summed E-state index contributed by atoms with van der Waals surface area (Å²) in [6, 6.07) is 7.51. The van der Waals surface area contributed by atoms with Crippen LogP contribution in [0, 0.1) is 20.8 Å². The smallest absolute Gasteiger partial charge is 0.247 e. The van der Waals surface area contributed by atoms with Gasteiger partial charge in [-0.1, -0.05) is 6.07 Å². The van der Waals surface area contributed by atoms with Crippen LogP contribution >= 0.6 is 0 Å². The molecule has 1 aliphatic heterocycles. The third kappa shape index (κ3) is 4.47. The number of amides is 1. The standard InChI is InChI=1S/C23H27N7O/c1-15-18(16(2)29(4)28-15)10-11-23(31)30-13-7-8-20(30)19-14-22(26-17(3)25-19)27-21-9-5-6-12-24-21/h5-6,9-12,14,20H,7-8,13H2,1-4H3,(H,24,25,26,27)/b11-10+/t20-/m1/s1. The zero-order valence-corrected chi connectivity index (χ0v) is 18.3. The molecule has 1 amide bonds. The molecule has 0 unspecified atom stereocenters. The number of hydrogen-bond acceptors (Lipinski definition) is 6. The zero-order valence-electron chi connectivity index (χ0n) is 18.3. The molecule has 0 spiro atoms. The number of likely N-dealkylation sites (tertiary alicyclic amines) is 1. The van der Waals surface area contributed by atoms with E-state index < -0.39 is 0 Å². The molecule has 8 nitrogen and oxygen atoms in total. The van der Waals surface area contributed by atoms with Crippen molar-refractivity contribution in [3.05, 3.63) is 65.0 Å². The number of carbonyl (C=O) groups excluding carboxylic acids is 1. The Hall–Kier alpha value is -3.55. The maximum atomic E-state index is 13.0. The molecule has 4 heterocycles. The minimum absolute atomic E-state index is 0.0133.